The van der Waals surface area contributed by atoms with Crippen molar-refractivity contribution in [2.24, 2.45) is 0 Å². The predicted molar refractivity (Wildman–Crippen MR) is 88.7 cm³/mol. The SMILES string of the molecule is Cc1c2c(nn1C1CC1)Nc1ncc(C(F)(F)F)c(n1)NC(C)CCO2. The lowest BCUT2D eigenvalue weighted by Crippen LogP contribution is -2.22. The molecule has 0 amide bonds. The molecule has 1 fully saturated rings. The number of hydrogen-bond acceptors (Lipinski definition) is 6. The van der Waals surface area contributed by atoms with Gasteiger partial charge in [-0.15, -0.1) is 0 Å². The zero-order valence-corrected chi connectivity index (χ0v) is 14.4. The first-order chi connectivity index (χ1) is 12.3. The molecule has 26 heavy (non-hydrogen) atoms. The highest BCUT2D eigenvalue weighted by Gasteiger charge is 2.36. The number of aromatic nitrogens is 4. The van der Waals surface area contributed by atoms with Gasteiger partial charge in [0.05, 0.1) is 18.3 Å². The number of alkyl halides is 3. The topological polar surface area (TPSA) is 76.9 Å². The van der Waals surface area contributed by atoms with Crippen LogP contribution in [0.2, 0.25) is 0 Å². The van der Waals surface area contributed by atoms with E-state index in [2.05, 4.69) is 25.7 Å². The summed E-state index contributed by atoms with van der Waals surface area (Å²) in [5.41, 5.74) is -0.00280. The molecule has 2 N–H and O–H groups in total. The zero-order valence-electron chi connectivity index (χ0n) is 14.4. The van der Waals surface area contributed by atoms with Gasteiger partial charge in [0, 0.05) is 18.7 Å². The molecule has 1 atom stereocenters. The van der Waals surface area contributed by atoms with Crippen molar-refractivity contribution >= 4 is 17.6 Å². The Kier molecular flexibility index (Phi) is 3.92. The molecule has 140 valence electrons. The first kappa shape index (κ1) is 16.9. The van der Waals surface area contributed by atoms with Crippen LogP contribution in [0.4, 0.5) is 30.8 Å². The molecule has 2 aromatic heterocycles. The number of fused-ring (bicyclic) bond motifs is 3. The van der Waals surface area contributed by atoms with E-state index in [0.29, 0.717) is 30.6 Å². The van der Waals surface area contributed by atoms with Crippen molar-refractivity contribution in [3.05, 3.63) is 17.5 Å². The molecule has 1 aliphatic carbocycles. The molecule has 0 spiro atoms. The highest BCUT2D eigenvalue weighted by molar-refractivity contribution is 5.61. The van der Waals surface area contributed by atoms with Gasteiger partial charge in [-0.2, -0.15) is 23.3 Å². The fraction of sp³-hybridized carbons (Fsp3) is 0.562. The van der Waals surface area contributed by atoms with E-state index < -0.39 is 11.7 Å². The van der Waals surface area contributed by atoms with Gasteiger partial charge in [-0.3, -0.25) is 4.68 Å². The van der Waals surface area contributed by atoms with Crippen LogP contribution in [0.15, 0.2) is 6.20 Å². The summed E-state index contributed by atoms with van der Waals surface area (Å²) < 4.78 is 47.5. The number of ether oxygens (including phenoxy) is 1. The van der Waals surface area contributed by atoms with Crippen LogP contribution in [0, 0.1) is 6.92 Å². The van der Waals surface area contributed by atoms with Crippen LogP contribution >= 0.6 is 0 Å². The molecule has 2 bridgehead atoms. The maximum Gasteiger partial charge on any atom is 0.421 e. The van der Waals surface area contributed by atoms with Gasteiger partial charge in [0.15, 0.2) is 11.6 Å². The van der Waals surface area contributed by atoms with Gasteiger partial charge < -0.3 is 15.4 Å². The normalized spacial score (nSPS) is 20.3. The second kappa shape index (κ2) is 6.03. The van der Waals surface area contributed by atoms with Gasteiger partial charge >= 0.3 is 6.18 Å². The lowest BCUT2D eigenvalue weighted by atomic mass is 10.2. The highest BCUT2D eigenvalue weighted by Crippen LogP contribution is 2.41. The Balaban J connectivity index is 1.76. The lowest BCUT2D eigenvalue weighted by molar-refractivity contribution is -0.137. The van der Waals surface area contributed by atoms with E-state index in [4.69, 9.17) is 4.74 Å². The first-order valence-electron chi connectivity index (χ1n) is 8.52. The molecule has 0 aromatic carbocycles. The first-order valence-corrected chi connectivity index (χ1v) is 8.52. The summed E-state index contributed by atoms with van der Waals surface area (Å²) in [6.07, 6.45) is -1.11. The van der Waals surface area contributed by atoms with Crippen LogP contribution in [0.1, 0.15) is 43.5 Å². The van der Waals surface area contributed by atoms with Gasteiger partial charge in [-0.25, -0.2) is 4.98 Å². The minimum Gasteiger partial charge on any atom is -0.488 e. The molecule has 2 aromatic rings. The summed E-state index contributed by atoms with van der Waals surface area (Å²) in [5, 5.41) is 10.2. The summed E-state index contributed by atoms with van der Waals surface area (Å²) in [6.45, 7) is 4.06. The largest absolute Gasteiger partial charge is 0.488 e. The van der Waals surface area contributed by atoms with Crippen molar-refractivity contribution < 1.29 is 17.9 Å². The zero-order chi connectivity index (χ0) is 18.5. The lowest BCUT2D eigenvalue weighted by Gasteiger charge is -2.18. The summed E-state index contributed by atoms with van der Waals surface area (Å²) in [5.74, 6) is 0.815. The van der Waals surface area contributed by atoms with Crippen molar-refractivity contribution in [1.82, 2.24) is 19.7 Å². The van der Waals surface area contributed by atoms with Crippen LogP contribution < -0.4 is 15.4 Å². The summed E-state index contributed by atoms with van der Waals surface area (Å²) in [4.78, 5) is 7.85. The van der Waals surface area contributed by atoms with Gasteiger partial charge in [-0.1, -0.05) is 0 Å². The van der Waals surface area contributed by atoms with Gasteiger partial charge in [-0.05, 0) is 26.7 Å². The van der Waals surface area contributed by atoms with Crippen molar-refractivity contribution in [3.63, 3.8) is 0 Å². The number of anilines is 3. The predicted octanol–water partition coefficient (Wildman–Crippen LogP) is 3.66. The third-order valence-electron chi connectivity index (χ3n) is 4.49. The molecular weight excluding hydrogens is 349 g/mol. The van der Waals surface area contributed by atoms with Crippen LogP contribution in [0.3, 0.4) is 0 Å². The number of hydrogen-bond donors (Lipinski definition) is 2. The van der Waals surface area contributed by atoms with Crippen LogP contribution in [-0.4, -0.2) is 32.4 Å². The molecule has 1 unspecified atom stereocenters. The molecule has 1 saturated carbocycles. The summed E-state index contributed by atoms with van der Waals surface area (Å²) in [7, 11) is 0. The Hall–Kier alpha value is -2.52. The fourth-order valence-corrected chi connectivity index (χ4v) is 2.94. The second-order valence-electron chi connectivity index (χ2n) is 6.70. The maximum atomic E-state index is 13.2. The quantitative estimate of drug-likeness (QED) is 0.800. The Morgan fingerprint density at radius 3 is 2.69 bits per heavy atom. The third-order valence-corrected chi connectivity index (χ3v) is 4.49. The molecule has 7 nitrogen and oxygen atoms in total. The average molecular weight is 368 g/mol. The monoisotopic (exact) mass is 368 g/mol. The maximum absolute atomic E-state index is 13.2. The summed E-state index contributed by atoms with van der Waals surface area (Å²) in [6, 6.07) is 0.102. The molecule has 4 rings (SSSR count). The number of nitrogens with one attached hydrogen (secondary N) is 2. The molecule has 0 saturated heterocycles. The standard InChI is InChI=1S/C16H19F3N6O/c1-8-5-6-26-12-9(2)25(10-3-4-10)24-14(12)23-15-20-7-11(16(17,18)19)13(21-8)22-15/h7-8,10H,3-6H2,1-2H3,(H2,20,21,22,23,24). The van der Waals surface area contributed by atoms with Crippen molar-refractivity contribution in [1.29, 1.82) is 0 Å². The smallest absolute Gasteiger partial charge is 0.421 e. The van der Waals surface area contributed by atoms with E-state index in [1.165, 1.54) is 0 Å². The second-order valence-corrected chi connectivity index (χ2v) is 6.70. The van der Waals surface area contributed by atoms with E-state index >= 15 is 0 Å². The highest BCUT2D eigenvalue weighted by atomic mass is 19.4. The fourth-order valence-electron chi connectivity index (χ4n) is 2.94. The Morgan fingerprint density at radius 1 is 1.23 bits per heavy atom. The van der Waals surface area contributed by atoms with E-state index in [0.717, 1.165) is 24.7 Å². The molecule has 10 heteroatoms. The van der Waals surface area contributed by atoms with E-state index in [9.17, 15) is 13.2 Å². The molecule has 3 heterocycles. The van der Waals surface area contributed by atoms with Crippen molar-refractivity contribution in [3.8, 4) is 5.75 Å². The summed E-state index contributed by atoms with van der Waals surface area (Å²) >= 11 is 0. The Bertz CT molecular complexity index is 830. The van der Waals surface area contributed by atoms with Crippen LogP contribution in [0.25, 0.3) is 0 Å². The molecule has 0 radical (unpaired) electrons. The number of rotatable bonds is 1. The molecular formula is C16H19F3N6O. The Morgan fingerprint density at radius 2 is 2.00 bits per heavy atom. The third kappa shape index (κ3) is 3.15. The van der Waals surface area contributed by atoms with E-state index in [1.54, 1.807) is 6.92 Å². The number of nitrogens with zero attached hydrogens (tertiary/aromatic N) is 4. The van der Waals surface area contributed by atoms with Crippen LogP contribution in [0.5, 0.6) is 5.75 Å². The van der Waals surface area contributed by atoms with Gasteiger partial charge in [0.2, 0.25) is 5.95 Å². The minimum atomic E-state index is -4.54. The van der Waals surface area contributed by atoms with Crippen molar-refractivity contribution in [2.75, 3.05) is 17.2 Å². The van der Waals surface area contributed by atoms with Crippen molar-refractivity contribution in [2.45, 2.75) is 51.4 Å². The minimum absolute atomic E-state index is 0.0416. The average Bonchev–Trinajstić information content (AvgIpc) is 3.34. The number of halogens is 3. The molecule has 1 aliphatic heterocycles. The van der Waals surface area contributed by atoms with E-state index in [-0.39, 0.29) is 17.8 Å². The Labute approximate surface area is 148 Å². The van der Waals surface area contributed by atoms with Gasteiger partial charge in [0.25, 0.3) is 0 Å². The van der Waals surface area contributed by atoms with Gasteiger partial charge in [0.1, 0.15) is 11.4 Å². The molecule has 2 aliphatic rings. The van der Waals surface area contributed by atoms with E-state index in [1.807, 2.05) is 11.6 Å². The van der Waals surface area contributed by atoms with Crippen LogP contribution in [-0.2, 0) is 6.18 Å².